The van der Waals surface area contributed by atoms with Crippen LogP contribution in [0.15, 0.2) is 0 Å². The monoisotopic (exact) mass is 892 g/mol. The Morgan fingerprint density at radius 1 is 0.397 bits per heavy atom. The molecule has 0 heterocycles. The van der Waals surface area contributed by atoms with E-state index in [-0.39, 0.29) is 24.9 Å². The fourth-order valence-electron chi connectivity index (χ4n) is 9.32. The molecule has 6 heteroatoms. The maximum Gasteiger partial charge on any atom is 0.306 e. The van der Waals surface area contributed by atoms with Gasteiger partial charge in [-0.3, -0.25) is 9.59 Å². The summed E-state index contributed by atoms with van der Waals surface area (Å²) in [6.07, 6.45) is 57.4. The van der Waals surface area contributed by atoms with Gasteiger partial charge in [0.2, 0.25) is 5.91 Å². The molecule has 3 unspecified atom stereocenters. The molecule has 0 aliphatic heterocycles. The molecule has 0 radical (unpaired) electrons. The molecular weight excluding hydrogens is 779 g/mol. The molecule has 0 aromatic heterocycles. The lowest BCUT2D eigenvalue weighted by Gasteiger charge is -2.24. The third-order valence-electron chi connectivity index (χ3n) is 13.7. The number of amides is 1. The number of nitrogens with one attached hydrogen (secondary N) is 1. The Labute approximate surface area is 394 Å². The highest BCUT2D eigenvalue weighted by Crippen LogP contribution is 2.19. The average molecular weight is 893 g/mol. The van der Waals surface area contributed by atoms with Gasteiger partial charge in [0.25, 0.3) is 0 Å². The van der Waals surface area contributed by atoms with Crippen LogP contribution in [0.4, 0.5) is 0 Å². The van der Waals surface area contributed by atoms with E-state index in [0.717, 1.165) is 38.5 Å². The molecule has 1 amide bonds. The minimum Gasteiger partial charge on any atom is -0.462 e. The molecule has 0 saturated carbocycles. The van der Waals surface area contributed by atoms with E-state index < -0.39 is 18.2 Å². The van der Waals surface area contributed by atoms with Gasteiger partial charge in [0, 0.05) is 6.42 Å². The Morgan fingerprint density at radius 3 is 0.968 bits per heavy atom. The van der Waals surface area contributed by atoms with Crippen molar-refractivity contribution in [3.05, 3.63) is 0 Å². The van der Waals surface area contributed by atoms with Crippen molar-refractivity contribution in [1.29, 1.82) is 0 Å². The van der Waals surface area contributed by atoms with E-state index in [1.54, 1.807) is 0 Å². The molecule has 0 aromatic carbocycles. The molecule has 6 nitrogen and oxygen atoms in total. The smallest absolute Gasteiger partial charge is 0.306 e. The van der Waals surface area contributed by atoms with Crippen LogP contribution < -0.4 is 5.32 Å². The fourth-order valence-corrected chi connectivity index (χ4v) is 9.32. The lowest BCUT2D eigenvalue weighted by Crippen LogP contribution is -2.46. The van der Waals surface area contributed by atoms with Gasteiger partial charge in [-0.05, 0) is 25.7 Å². The molecule has 63 heavy (non-hydrogen) atoms. The van der Waals surface area contributed by atoms with Gasteiger partial charge in [-0.25, -0.2) is 0 Å². The van der Waals surface area contributed by atoms with E-state index in [1.807, 2.05) is 0 Å². The quantitative estimate of drug-likeness (QED) is 0.0418. The Bertz CT molecular complexity index is 913. The van der Waals surface area contributed by atoms with Crippen LogP contribution in [0.5, 0.6) is 0 Å². The average Bonchev–Trinajstić information content (AvgIpc) is 3.28. The maximum atomic E-state index is 13.2. The first-order chi connectivity index (χ1) is 31.0. The van der Waals surface area contributed by atoms with E-state index in [1.165, 1.54) is 244 Å². The Balaban J connectivity index is 4.44. The van der Waals surface area contributed by atoms with Crippen molar-refractivity contribution in [1.82, 2.24) is 5.32 Å². The minimum atomic E-state index is -0.780. The Hall–Kier alpha value is -1.14. The van der Waals surface area contributed by atoms with Crippen LogP contribution in [0, 0.1) is 0 Å². The number of carbonyl (C=O) groups is 2. The van der Waals surface area contributed by atoms with Crippen LogP contribution >= 0.6 is 0 Å². The highest BCUT2D eigenvalue weighted by Gasteiger charge is 2.24. The summed E-state index contributed by atoms with van der Waals surface area (Å²) < 4.78 is 5.96. The molecule has 3 N–H and O–H groups in total. The van der Waals surface area contributed by atoms with E-state index in [2.05, 4.69) is 26.1 Å². The van der Waals surface area contributed by atoms with Gasteiger partial charge in [-0.2, -0.15) is 0 Å². The van der Waals surface area contributed by atoms with Crippen molar-refractivity contribution in [3.8, 4) is 0 Å². The zero-order valence-electron chi connectivity index (χ0n) is 43.0. The SMILES string of the molecule is CCCCCCCCCCCCCCCCCCCC(O)C(CO)NC(=O)CC(CCCCCCCCCCCCCCC)OC(=O)CCCCCCCCCCCCCCCC. The second kappa shape index (κ2) is 51.8. The number of carbonyl (C=O) groups excluding carboxylic acids is 2. The molecule has 0 spiro atoms. The van der Waals surface area contributed by atoms with Gasteiger partial charge in [0.15, 0.2) is 0 Å². The summed E-state index contributed by atoms with van der Waals surface area (Å²) in [5.41, 5.74) is 0. The summed E-state index contributed by atoms with van der Waals surface area (Å²) in [5, 5.41) is 23.9. The predicted molar refractivity (Wildman–Crippen MR) is 274 cm³/mol. The van der Waals surface area contributed by atoms with Gasteiger partial charge in [0.05, 0.1) is 25.2 Å². The maximum absolute atomic E-state index is 13.2. The van der Waals surface area contributed by atoms with E-state index in [0.29, 0.717) is 19.3 Å². The van der Waals surface area contributed by atoms with Crippen LogP contribution in [-0.2, 0) is 14.3 Å². The summed E-state index contributed by atoms with van der Waals surface area (Å²) in [6.45, 7) is 6.53. The normalized spacial score (nSPS) is 13.0. The number of hydrogen-bond donors (Lipinski definition) is 3. The molecule has 0 aromatic rings. The Morgan fingerprint density at radius 2 is 0.667 bits per heavy atom. The minimum absolute atomic E-state index is 0.0884. The van der Waals surface area contributed by atoms with Crippen molar-refractivity contribution < 1.29 is 24.5 Å². The summed E-state index contributed by atoms with van der Waals surface area (Å²) in [5.74, 6) is -0.446. The predicted octanol–water partition coefficient (Wildman–Crippen LogP) is 17.5. The van der Waals surface area contributed by atoms with Crippen LogP contribution in [-0.4, -0.2) is 46.9 Å². The number of rotatable bonds is 53. The summed E-state index contributed by atoms with van der Waals surface area (Å²) in [7, 11) is 0. The molecule has 3 atom stereocenters. The molecule has 0 saturated heterocycles. The number of ether oxygens (including phenoxy) is 1. The van der Waals surface area contributed by atoms with Crippen molar-refractivity contribution in [2.45, 2.75) is 347 Å². The zero-order valence-corrected chi connectivity index (χ0v) is 43.0. The van der Waals surface area contributed by atoms with Gasteiger partial charge >= 0.3 is 5.97 Å². The van der Waals surface area contributed by atoms with E-state index in [9.17, 15) is 19.8 Å². The van der Waals surface area contributed by atoms with Gasteiger partial charge in [-0.15, -0.1) is 0 Å². The highest BCUT2D eigenvalue weighted by atomic mass is 16.5. The molecule has 0 rings (SSSR count). The number of aliphatic hydroxyl groups is 2. The van der Waals surface area contributed by atoms with Crippen LogP contribution in [0.2, 0.25) is 0 Å². The summed E-state index contributed by atoms with van der Waals surface area (Å²) in [6, 6.07) is -0.693. The lowest BCUT2D eigenvalue weighted by atomic mass is 10.0. The van der Waals surface area contributed by atoms with Crippen LogP contribution in [0.3, 0.4) is 0 Å². The van der Waals surface area contributed by atoms with Crippen molar-refractivity contribution >= 4 is 11.9 Å². The third-order valence-corrected chi connectivity index (χ3v) is 13.7. The molecule has 0 fully saturated rings. The number of unbranched alkanes of at least 4 members (excludes halogenated alkanes) is 41. The first kappa shape index (κ1) is 61.9. The molecule has 376 valence electrons. The molecule has 0 bridgehead atoms. The van der Waals surface area contributed by atoms with Crippen molar-refractivity contribution in [2.75, 3.05) is 6.61 Å². The fraction of sp³-hybridized carbons (Fsp3) is 0.965. The highest BCUT2D eigenvalue weighted by molar-refractivity contribution is 5.77. The topological polar surface area (TPSA) is 95.9 Å². The van der Waals surface area contributed by atoms with Crippen molar-refractivity contribution in [3.63, 3.8) is 0 Å². The zero-order chi connectivity index (χ0) is 45.9. The molecular formula is C57H113NO5. The first-order valence-corrected chi connectivity index (χ1v) is 28.8. The first-order valence-electron chi connectivity index (χ1n) is 28.8. The second-order valence-corrected chi connectivity index (χ2v) is 20.1. The number of esters is 1. The largest absolute Gasteiger partial charge is 0.462 e. The van der Waals surface area contributed by atoms with E-state index in [4.69, 9.17) is 4.74 Å². The molecule has 0 aliphatic rings. The van der Waals surface area contributed by atoms with Crippen LogP contribution in [0.25, 0.3) is 0 Å². The second-order valence-electron chi connectivity index (χ2n) is 20.1. The standard InChI is InChI=1S/C57H113NO5/c1-4-7-10-13-16-19-22-25-27-28-29-31-34-37-40-43-46-49-55(60)54(52-59)58-56(61)51-53(48-45-42-39-36-33-30-24-21-18-15-12-9-6-3)63-57(62)50-47-44-41-38-35-32-26-23-20-17-14-11-8-5-2/h53-55,59-60H,4-52H2,1-3H3,(H,58,61). The van der Waals surface area contributed by atoms with Crippen LogP contribution in [0.1, 0.15) is 329 Å². The summed E-state index contributed by atoms with van der Waals surface area (Å²) in [4.78, 5) is 26.2. The Kier molecular flexibility index (Phi) is 50.9. The number of hydrogen-bond acceptors (Lipinski definition) is 5. The van der Waals surface area contributed by atoms with E-state index >= 15 is 0 Å². The molecule has 0 aliphatic carbocycles. The number of aliphatic hydroxyl groups excluding tert-OH is 2. The van der Waals surface area contributed by atoms with Crippen molar-refractivity contribution in [2.24, 2.45) is 0 Å². The third kappa shape index (κ3) is 47.2. The lowest BCUT2D eigenvalue weighted by molar-refractivity contribution is -0.151. The summed E-state index contributed by atoms with van der Waals surface area (Å²) >= 11 is 0. The van der Waals surface area contributed by atoms with Gasteiger partial charge < -0.3 is 20.3 Å². The van der Waals surface area contributed by atoms with Gasteiger partial charge in [0.1, 0.15) is 6.10 Å². The van der Waals surface area contributed by atoms with Gasteiger partial charge in [-0.1, -0.05) is 290 Å².